The van der Waals surface area contributed by atoms with Gasteiger partial charge in [-0.25, -0.2) is 0 Å². The summed E-state index contributed by atoms with van der Waals surface area (Å²) in [6, 6.07) is 23.9. The number of anilines is 1. The SMILES string of the molecule is COc1ccc(Oc2ccc(N3C(=S)NC(c4ccccn4)C3c3cc(C)n(CCCN4CCOCC4)c3C)cc2)cc1. The second kappa shape index (κ2) is 13.2. The summed E-state index contributed by atoms with van der Waals surface area (Å²) in [5.74, 6) is 2.30. The number of morpholine rings is 1. The molecular formula is C34H39N5O3S. The number of hydrogen-bond acceptors (Lipinski definition) is 6. The first-order chi connectivity index (χ1) is 21.0. The van der Waals surface area contributed by atoms with Crippen molar-refractivity contribution in [1.29, 1.82) is 0 Å². The number of pyridine rings is 1. The van der Waals surface area contributed by atoms with Crippen LogP contribution in [0.3, 0.4) is 0 Å². The van der Waals surface area contributed by atoms with Crippen LogP contribution < -0.4 is 19.7 Å². The van der Waals surface area contributed by atoms with Crippen molar-refractivity contribution in [3.63, 3.8) is 0 Å². The lowest BCUT2D eigenvalue weighted by molar-refractivity contribution is 0.0369. The van der Waals surface area contributed by atoms with Gasteiger partial charge in [-0.3, -0.25) is 9.88 Å². The summed E-state index contributed by atoms with van der Waals surface area (Å²) < 4.78 is 19.3. The Balaban J connectivity index is 1.27. The third kappa shape index (κ3) is 6.39. The molecule has 2 aromatic carbocycles. The number of rotatable bonds is 10. The topological polar surface area (TPSA) is 64.0 Å². The molecule has 2 fully saturated rings. The zero-order valence-corrected chi connectivity index (χ0v) is 25.8. The van der Waals surface area contributed by atoms with Crippen molar-refractivity contribution < 1.29 is 14.2 Å². The number of aryl methyl sites for hydroxylation is 1. The van der Waals surface area contributed by atoms with Gasteiger partial charge in [0, 0.05) is 49.5 Å². The highest BCUT2D eigenvalue weighted by molar-refractivity contribution is 7.80. The highest BCUT2D eigenvalue weighted by atomic mass is 32.1. The fourth-order valence-corrected chi connectivity index (χ4v) is 6.50. The van der Waals surface area contributed by atoms with Crippen molar-refractivity contribution in [2.75, 3.05) is 44.9 Å². The molecule has 6 rings (SSSR count). The number of ether oxygens (including phenoxy) is 3. The van der Waals surface area contributed by atoms with Crippen molar-refractivity contribution in [3.8, 4) is 17.2 Å². The summed E-state index contributed by atoms with van der Waals surface area (Å²) >= 11 is 5.98. The van der Waals surface area contributed by atoms with Gasteiger partial charge in [0.15, 0.2) is 5.11 Å². The van der Waals surface area contributed by atoms with E-state index >= 15 is 0 Å². The number of hydrogen-bond donors (Lipinski definition) is 1. The van der Waals surface area contributed by atoms with Gasteiger partial charge in [0.25, 0.3) is 0 Å². The molecule has 0 spiro atoms. The molecule has 0 aliphatic carbocycles. The van der Waals surface area contributed by atoms with Crippen LogP contribution in [-0.4, -0.2) is 59.5 Å². The number of thiocarbonyl (C=S) groups is 1. The van der Waals surface area contributed by atoms with Crippen LogP contribution in [0.1, 0.15) is 41.1 Å². The molecule has 9 heteroatoms. The Bertz CT molecular complexity index is 1520. The molecule has 2 atom stereocenters. The molecular weight excluding hydrogens is 558 g/mol. The van der Waals surface area contributed by atoms with Crippen LogP contribution in [0.15, 0.2) is 79.0 Å². The highest BCUT2D eigenvalue weighted by Crippen LogP contribution is 2.43. The van der Waals surface area contributed by atoms with Crippen molar-refractivity contribution in [1.82, 2.24) is 19.8 Å². The molecule has 2 aromatic heterocycles. The lowest BCUT2D eigenvalue weighted by Crippen LogP contribution is -2.37. The van der Waals surface area contributed by atoms with E-state index < -0.39 is 0 Å². The average molecular weight is 598 g/mol. The van der Waals surface area contributed by atoms with E-state index in [0.717, 1.165) is 74.4 Å². The number of nitrogens with zero attached hydrogens (tertiary/aromatic N) is 4. The van der Waals surface area contributed by atoms with E-state index in [2.05, 4.69) is 57.8 Å². The molecule has 1 N–H and O–H groups in total. The standard InChI is InChI=1S/C34H39N5O3S/c1-24-23-30(25(2)38(24)18-6-17-37-19-21-41-22-20-37)33-32(31-7-4-5-16-35-31)36-34(43)39(33)26-8-10-28(11-9-26)42-29-14-12-27(40-3)13-15-29/h4-5,7-16,23,32-33H,6,17-22H2,1-3H3,(H,36,43). The lowest BCUT2D eigenvalue weighted by atomic mass is 9.96. The maximum Gasteiger partial charge on any atom is 0.174 e. The largest absolute Gasteiger partial charge is 0.497 e. The van der Waals surface area contributed by atoms with Crippen LogP contribution >= 0.6 is 12.2 Å². The molecule has 4 heterocycles. The molecule has 2 aliphatic rings. The summed E-state index contributed by atoms with van der Waals surface area (Å²) in [6.07, 6.45) is 2.94. The monoisotopic (exact) mass is 597 g/mol. The molecule has 0 amide bonds. The van der Waals surface area contributed by atoms with Gasteiger partial charge in [-0.2, -0.15) is 0 Å². The van der Waals surface area contributed by atoms with Crippen LogP contribution in [0.4, 0.5) is 5.69 Å². The minimum absolute atomic E-state index is 0.0602. The predicted molar refractivity (Wildman–Crippen MR) is 173 cm³/mol. The van der Waals surface area contributed by atoms with E-state index in [1.807, 2.05) is 54.7 Å². The van der Waals surface area contributed by atoms with Crippen LogP contribution in [0.5, 0.6) is 17.2 Å². The van der Waals surface area contributed by atoms with E-state index in [1.54, 1.807) is 7.11 Å². The molecule has 0 radical (unpaired) electrons. The van der Waals surface area contributed by atoms with E-state index in [4.69, 9.17) is 31.4 Å². The van der Waals surface area contributed by atoms with Gasteiger partial charge in [0.2, 0.25) is 0 Å². The lowest BCUT2D eigenvalue weighted by Gasteiger charge is -2.28. The molecule has 8 nitrogen and oxygen atoms in total. The van der Waals surface area contributed by atoms with E-state index in [0.29, 0.717) is 5.11 Å². The maximum atomic E-state index is 6.10. The molecule has 2 saturated heterocycles. The van der Waals surface area contributed by atoms with Gasteiger partial charge in [0.1, 0.15) is 17.2 Å². The minimum Gasteiger partial charge on any atom is -0.497 e. The average Bonchev–Trinajstić information content (AvgIpc) is 3.53. The molecule has 43 heavy (non-hydrogen) atoms. The van der Waals surface area contributed by atoms with Gasteiger partial charge < -0.3 is 29.0 Å². The Morgan fingerprint density at radius 3 is 2.30 bits per heavy atom. The van der Waals surface area contributed by atoms with Crippen molar-refractivity contribution in [3.05, 3.63) is 102 Å². The van der Waals surface area contributed by atoms with Crippen LogP contribution in [0.2, 0.25) is 0 Å². The fourth-order valence-electron chi connectivity index (χ4n) is 6.15. The maximum absolute atomic E-state index is 6.10. The van der Waals surface area contributed by atoms with E-state index in [1.165, 1.54) is 17.0 Å². The normalized spacial score (nSPS) is 19.0. The van der Waals surface area contributed by atoms with Crippen molar-refractivity contribution in [2.45, 2.75) is 38.9 Å². The summed E-state index contributed by atoms with van der Waals surface area (Å²) in [7, 11) is 1.66. The number of nitrogens with one attached hydrogen (secondary N) is 1. The fraction of sp³-hybridized carbons (Fsp3) is 0.353. The Morgan fingerprint density at radius 2 is 1.63 bits per heavy atom. The molecule has 4 aromatic rings. The number of methoxy groups -OCH3 is 1. The summed E-state index contributed by atoms with van der Waals surface area (Å²) in [4.78, 5) is 9.46. The van der Waals surface area contributed by atoms with Crippen molar-refractivity contribution in [2.24, 2.45) is 0 Å². The molecule has 2 aliphatic heterocycles. The Kier molecular flexibility index (Phi) is 8.92. The van der Waals surface area contributed by atoms with Gasteiger partial charge >= 0.3 is 0 Å². The van der Waals surface area contributed by atoms with Crippen molar-refractivity contribution >= 4 is 23.0 Å². The van der Waals surface area contributed by atoms with E-state index in [-0.39, 0.29) is 12.1 Å². The first kappa shape index (κ1) is 29.2. The second-order valence-electron chi connectivity index (χ2n) is 11.1. The molecule has 0 bridgehead atoms. The summed E-state index contributed by atoms with van der Waals surface area (Å²) in [6.45, 7) is 10.2. The quantitative estimate of drug-likeness (QED) is 0.217. The Morgan fingerprint density at radius 1 is 0.930 bits per heavy atom. The number of aromatic nitrogens is 2. The smallest absolute Gasteiger partial charge is 0.174 e. The zero-order chi connectivity index (χ0) is 29.8. The van der Waals surface area contributed by atoms with Crippen LogP contribution in [0, 0.1) is 13.8 Å². The third-order valence-corrected chi connectivity index (χ3v) is 8.71. The zero-order valence-electron chi connectivity index (χ0n) is 25.0. The van der Waals surface area contributed by atoms with Crippen LogP contribution in [0.25, 0.3) is 0 Å². The van der Waals surface area contributed by atoms with Gasteiger partial charge in [-0.05, 0) is 105 Å². The van der Waals surface area contributed by atoms with Gasteiger partial charge in [0.05, 0.1) is 38.1 Å². The highest BCUT2D eigenvalue weighted by Gasteiger charge is 2.42. The second-order valence-corrected chi connectivity index (χ2v) is 11.4. The predicted octanol–water partition coefficient (Wildman–Crippen LogP) is 6.20. The first-order valence-electron chi connectivity index (χ1n) is 14.9. The molecule has 0 saturated carbocycles. The van der Waals surface area contributed by atoms with E-state index in [9.17, 15) is 0 Å². The summed E-state index contributed by atoms with van der Waals surface area (Å²) in [5.41, 5.74) is 5.75. The summed E-state index contributed by atoms with van der Waals surface area (Å²) in [5, 5.41) is 4.28. The minimum atomic E-state index is -0.0915. The first-order valence-corrected chi connectivity index (χ1v) is 15.3. The Labute approximate surface area is 259 Å². The van der Waals surface area contributed by atoms with Gasteiger partial charge in [-0.15, -0.1) is 0 Å². The number of benzene rings is 2. The van der Waals surface area contributed by atoms with Crippen LogP contribution in [-0.2, 0) is 11.3 Å². The molecule has 2 unspecified atom stereocenters. The molecule has 224 valence electrons. The Hall–Kier alpha value is -3.92. The van der Waals surface area contributed by atoms with Gasteiger partial charge in [-0.1, -0.05) is 6.07 Å². The third-order valence-electron chi connectivity index (χ3n) is 8.40.